The van der Waals surface area contributed by atoms with Crippen LogP contribution in [0, 0.1) is 11.3 Å². The van der Waals surface area contributed by atoms with Gasteiger partial charge in [0.15, 0.2) is 0 Å². The third kappa shape index (κ3) is 2.73. The van der Waals surface area contributed by atoms with Gasteiger partial charge in [0.25, 0.3) is 0 Å². The second kappa shape index (κ2) is 4.22. The van der Waals surface area contributed by atoms with Crippen LogP contribution in [0.1, 0.15) is 66.2 Å². The number of hydrogen-bond donors (Lipinski definition) is 1. The molecule has 84 valence electrons. The fourth-order valence-corrected chi connectivity index (χ4v) is 3.11. The largest absolute Gasteiger partial charge is 0.390 e. The molecule has 0 amide bonds. The van der Waals surface area contributed by atoms with Gasteiger partial charge in [0.05, 0.1) is 5.60 Å². The molecule has 1 aliphatic carbocycles. The van der Waals surface area contributed by atoms with Crippen LogP contribution in [0.2, 0.25) is 0 Å². The van der Waals surface area contributed by atoms with Crippen LogP contribution in [-0.4, -0.2) is 10.7 Å². The van der Waals surface area contributed by atoms with E-state index >= 15 is 0 Å². The monoisotopic (exact) mass is 198 g/mol. The summed E-state index contributed by atoms with van der Waals surface area (Å²) >= 11 is 0. The van der Waals surface area contributed by atoms with Gasteiger partial charge in [-0.15, -0.1) is 0 Å². The van der Waals surface area contributed by atoms with E-state index in [4.69, 9.17) is 0 Å². The molecular formula is C13H26O. The summed E-state index contributed by atoms with van der Waals surface area (Å²) in [6.45, 7) is 8.98. The van der Waals surface area contributed by atoms with Crippen molar-refractivity contribution >= 4 is 0 Å². The van der Waals surface area contributed by atoms with Crippen molar-refractivity contribution < 1.29 is 5.11 Å². The molecule has 0 aromatic carbocycles. The standard InChI is InChI=1S/C13H26O/c1-5-6-7-8-13(14)10-12(3,4)9-11(13)2/h11,14H,5-10H2,1-4H3. The Morgan fingerprint density at radius 1 is 1.29 bits per heavy atom. The highest BCUT2D eigenvalue weighted by Crippen LogP contribution is 2.49. The second-order valence-corrected chi connectivity index (χ2v) is 6.01. The van der Waals surface area contributed by atoms with Gasteiger partial charge in [0.2, 0.25) is 0 Å². The summed E-state index contributed by atoms with van der Waals surface area (Å²) in [5, 5.41) is 10.5. The lowest BCUT2D eigenvalue weighted by atomic mass is 9.85. The number of rotatable bonds is 4. The van der Waals surface area contributed by atoms with E-state index in [1.807, 2.05) is 0 Å². The molecule has 0 radical (unpaired) electrons. The van der Waals surface area contributed by atoms with Crippen LogP contribution in [0.25, 0.3) is 0 Å². The summed E-state index contributed by atoms with van der Waals surface area (Å²) in [4.78, 5) is 0. The lowest BCUT2D eigenvalue weighted by Gasteiger charge is -2.28. The molecule has 0 aromatic rings. The highest BCUT2D eigenvalue weighted by atomic mass is 16.3. The van der Waals surface area contributed by atoms with Crippen LogP contribution >= 0.6 is 0 Å². The lowest BCUT2D eigenvalue weighted by molar-refractivity contribution is -0.00615. The molecule has 1 rings (SSSR count). The van der Waals surface area contributed by atoms with E-state index in [0.717, 1.165) is 12.8 Å². The van der Waals surface area contributed by atoms with Gasteiger partial charge < -0.3 is 5.11 Å². The molecule has 1 aliphatic rings. The Hall–Kier alpha value is -0.0400. The third-order valence-electron chi connectivity index (χ3n) is 3.77. The van der Waals surface area contributed by atoms with Crippen LogP contribution in [-0.2, 0) is 0 Å². The summed E-state index contributed by atoms with van der Waals surface area (Å²) in [7, 11) is 0. The van der Waals surface area contributed by atoms with E-state index in [1.54, 1.807) is 0 Å². The van der Waals surface area contributed by atoms with Crippen molar-refractivity contribution in [1.82, 2.24) is 0 Å². The van der Waals surface area contributed by atoms with Crippen LogP contribution in [0.15, 0.2) is 0 Å². The predicted octanol–water partition coefficient (Wildman–Crippen LogP) is 3.75. The molecular weight excluding hydrogens is 172 g/mol. The normalized spacial score (nSPS) is 36.2. The number of hydrogen-bond acceptors (Lipinski definition) is 1. The molecule has 1 nitrogen and oxygen atoms in total. The lowest BCUT2D eigenvalue weighted by Crippen LogP contribution is -2.31. The van der Waals surface area contributed by atoms with Gasteiger partial charge in [0, 0.05) is 0 Å². The van der Waals surface area contributed by atoms with Crippen molar-refractivity contribution in [2.45, 2.75) is 71.8 Å². The van der Waals surface area contributed by atoms with Gasteiger partial charge in [-0.2, -0.15) is 0 Å². The van der Waals surface area contributed by atoms with Crippen LogP contribution in [0.3, 0.4) is 0 Å². The fraction of sp³-hybridized carbons (Fsp3) is 1.00. The fourth-order valence-electron chi connectivity index (χ4n) is 3.11. The molecule has 14 heavy (non-hydrogen) atoms. The second-order valence-electron chi connectivity index (χ2n) is 6.01. The molecule has 0 aromatic heterocycles. The molecule has 0 heterocycles. The van der Waals surface area contributed by atoms with E-state index in [9.17, 15) is 5.11 Å². The zero-order valence-electron chi connectivity index (χ0n) is 10.3. The maximum Gasteiger partial charge on any atom is 0.0678 e. The molecule has 0 saturated heterocycles. The quantitative estimate of drug-likeness (QED) is 0.682. The Bertz CT molecular complexity index is 186. The van der Waals surface area contributed by atoms with Gasteiger partial charge in [-0.25, -0.2) is 0 Å². The van der Waals surface area contributed by atoms with Crippen molar-refractivity contribution in [3.8, 4) is 0 Å². The molecule has 2 atom stereocenters. The van der Waals surface area contributed by atoms with Crippen molar-refractivity contribution in [2.75, 3.05) is 0 Å². The summed E-state index contributed by atoms with van der Waals surface area (Å²) < 4.78 is 0. The van der Waals surface area contributed by atoms with Gasteiger partial charge in [-0.05, 0) is 30.6 Å². The van der Waals surface area contributed by atoms with Crippen molar-refractivity contribution in [3.05, 3.63) is 0 Å². The zero-order valence-corrected chi connectivity index (χ0v) is 10.3. The summed E-state index contributed by atoms with van der Waals surface area (Å²) in [6.07, 6.45) is 6.86. The molecule has 0 aliphatic heterocycles. The first-order chi connectivity index (χ1) is 6.40. The van der Waals surface area contributed by atoms with E-state index in [1.165, 1.54) is 25.7 Å². The Kier molecular flexibility index (Phi) is 3.63. The predicted molar refractivity (Wildman–Crippen MR) is 61.3 cm³/mol. The average Bonchev–Trinajstić information content (AvgIpc) is 2.21. The highest BCUT2D eigenvalue weighted by Gasteiger charge is 2.46. The first-order valence-electron chi connectivity index (χ1n) is 6.12. The summed E-state index contributed by atoms with van der Waals surface area (Å²) in [6, 6.07) is 0. The maximum absolute atomic E-state index is 10.5. The molecule has 1 N–H and O–H groups in total. The topological polar surface area (TPSA) is 20.2 Å². The summed E-state index contributed by atoms with van der Waals surface area (Å²) in [5.41, 5.74) is -0.0148. The van der Waals surface area contributed by atoms with E-state index in [2.05, 4.69) is 27.7 Å². The molecule has 2 unspecified atom stereocenters. The molecule has 0 spiro atoms. The number of aliphatic hydroxyl groups is 1. The van der Waals surface area contributed by atoms with E-state index in [-0.39, 0.29) is 5.60 Å². The molecule has 0 bridgehead atoms. The minimum atomic E-state index is -0.362. The van der Waals surface area contributed by atoms with Gasteiger partial charge in [-0.3, -0.25) is 0 Å². The van der Waals surface area contributed by atoms with Crippen LogP contribution < -0.4 is 0 Å². The Morgan fingerprint density at radius 3 is 2.36 bits per heavy atom. The van der Waals surface area contributed by atoms with Crippen molar-refractivity contribution in [2.24, 2.45) is 11.3 Å². The Morgan fingerprint density at radius 2 is 1.93 bits per heavy atom. The SMILES string of the molecule is CCCCCC1(O)CC(C)(C)CC1C. The maximum atomic E-state index is 10.5. The van der Waals surface area contributed by atoms with Crippen LogP contribution in [0.5, 0.6) is 0 Å². The summed E-state index contributed by atoms with van der Waals surface area (Å²) in [5.74, 6) is 0.481. The minimum Gasteiger partial charge on any atom is -0.390 e. The molecule has 1 saturated carbocycles. The van der Waals surface area contributed by atoms with E-state index < -0.39 is 0 Å². The van der Waals surface area contributed by atoms with Gasteiger partial charge >= 0.3 is 0 Å². The van der Waals surface area contributed by atoms with Crippen molar-refractivity contribution in [3.63, 3.8) is 0 Å². The third-order valence-corrected chi connectivity index (χ3v) is 3.77. The Labute approximate surface area is 88.9 Å². The highest BCUT2D eigenvalue weighted by molar-refractivity contribution is 4.98. The zero-order chi connectivity index (χ0) is 10.8. The number of unbranched alkanes of at least 4 members (excludes halogenated alkanes) is 2. The van der Waals surface area contributed by atoms with Gasteiger partial charge in [-0.1, -0.05) is 47.0 Å². The van der Waals surface area contributed by atoms with Gasteiger partial charge in [0.1, 0.15) is 0 Å². The smallest absolute Gasteiger partial charge is 0.0678 e. The Balaban J connectivity index is 2.48. The van der Waals surface area contributed by atoms with Crippen LogP contribution in [0.4, 0.5) is 0 Å². The molecule has 1 heteroatoms. The van der Waals surface area contributed by atoms with Crippen molar-refractivity contribution in [1.29, 1.82) is 0 Å². The first kappa shape index (κ1) is 12.0. The first-order valence-corrected chi connectivity index (χ1v) is 6.12. The minimum absolute atomic E-state index is 0.348. The average molecular weight is 198 g/mol. The van der Waals surface area contributed by atoms with E-state index in [0.29, 0.717) is 11.3 Å². The molecule has 1 fully saturated rings.